The molecule has 0 fully saturated rings. The number of carboxylic acid groups (broad SMARTS) is 1. The molecule has 0 bridgehead atoms. The fourth-order valence-corrected chi connectivity index (χ4v) is 3.27. The van der Waals surface area contributed by atoms with E-state index in [-0.39, 0.29) is 22.9 Å². The van der Waals surface area contributed by atoms with Crippen LogP contribution >= 0.6 is 15.9 Å². The Bertz CT molecular complexity index is 554. The maximum Gasteiger partial charge on any atom is 0.337 e. The number of hydrogen-bond donors (Lipinski definition) is 2. The van der Waals surface area contributed by atoms with Crippen molar-refractivity contribution in [2.24, 2.45) is 5.92 Å². The van der Waals surface area contributed by atoms with E-state index in [1.54, 1.807) is 19.9 Å². The summed E-state index contributed by atoms with van der Waals surface area (Å²) >= 11 is 3.14. The Balaban J connectivity index is 3.08. The zero-order chi connectivity index (χ0) is 13.9. The minimum Gasteiger partial charge on any atom is -0.478 e. The van der Waals surface area contributed by atoms with E-state index in [1.165, 1.54) is 12.1 Å². The summed E-state index contributed by atoms with van der Waals surface area (Å²) in [6.07, 6.45) is 0. The van der Waals surface area contributed by atoms with Crippen LogP contribution in [0.5, 0.6) is 0 Å². The number of carboxylic acids is 1. The van der Waals surface area contributed by atoms with Gasteiger partial charge in [-0.05, 0) is 24.1 Å². The molecular formula is C11H14BrNO4S. The molecule has 18 heavy (non-hydrogen) atoms. The van der Waals surface area contributed by atoms with Crippen molar-refractivity contribution in [3.05, 3.63) is 28.2 Å². The fraction of sp³-hybridized carbons (Fsp3) is 0.364. The standard InChI is InChI=1S/C11H14BrNO4S/c1-7(2)6-18(16,17)13-10-4-3-8(12)5-9(10)11(14)15/h3-5,7,13H,6H2,1-2H3,(H,14,15). The topological polar surface area (TPSA) is 83.5 Å². The number of aromatic carboxylic acids is 1. The average Bonchev–Trinajstić information content (AvgIpc) is 2.18. The lowest BCUT2D eigenvalue weighted by Crippen LogP contribution is -2.21. The van der Waals surface area contributed by atoms with Gasteiger partial charge in [-0.25, -0.2) is 13.2 Å². The van der Waals surface area contributed by atoms with Crippen LogP contribution in [0.15, 0.2) is 22.7 Å². The Morgan fingerprint density at radius 3 is 2.56 bits per heavy atom. The highest BCUT2D eigenvalue weighted by Crippen LogP contribution is 2.22. The van der Waals surface area contributed by atoms with Crippen LogP contribution in [0.4, 0.5) is 5.69 Å². The molecule has 1 aromatic carbocycles. The third-order valence-electron chi connectivity index (χ3n) is 2.03. The van der Waals surface area contributed by atoms with Crippen molar-refractivity contribution in [1.29, 1.82) is 0 Å². The summed E-state index contributed by atoms with van der Waals surface area (Å²) in [5, 5.41) is 9.01. The van der Waals surface area contributed by atoms with Gasteiger partial charge in [-0.3, -0.25) is 4.72 Å². The molecule has 0 heterocycles. The third kappa shape index (κ3) is 4.30. The number of benzene rings is 1. The predicted octanol–water partition coefficient (Wildman–Crippen LogP) is 2.55. The van der Waals surface area contributed by atoms with Crippen LogP contribution in [0.2, 0.25) is 0 Å². The number of sulfonamides is 1. The molecule has 5 nitrogen and oxygen atoms in total. The van der Waals surface area contributed by atoms with Crippen molar-refractivity contribution in [3.63, 3.8) is 0 Å². The van der Waals surface area contributed by atoms with Crippen molar-refractivity contribution in [2.75, 3.05) is 10.5 Å². The normalized spacial score (nSPS) is 11.6. The molecule has 7 heteroatoms. The predicted molar refractivity (Wildman–Crippen MR) is 73.3 cm³/mol. The number of halogens is 1. The highest BCUT2D eigenvalue weighted by atomic mass is 79.9. The quantitative estimate of drug-likeness (QED) is 0.866. The first-order valence-electron chi connectivity index (χ1n) is 5.24. The smallest absolute Gasteiger partial charge is 0.337 e. The molecule has 100 valence electrons. The van der Waals surface area contributed by atoms with Crippen molar-refractivity contribution >= 4 is 37.6 Å². The van der Waals surface area contributed by atoms with Gasteiger partial charge in [-0.15, -0.1) is 0 Å². The fourth-order valence-electron chi connectivity index (χ4n) is 1.43. The molecular weight excluding hydrogens is 322 g/mol. The van der Waals surface area contributed by atoms with Crippen LogP contribution in [0.3, 0.4) is 0 Å². The Morgan fingerprint density at radius 1 is 1.44 bits per heavy atom. The minimum atomic E-state index is -3.53. The van der Waals surface area contributed by atoms with Gasteiger partial charge in [0, 0.05) is 4.47 Å². The lowest BCUT2D eigenvalue weighted by Gasteiger charge is -2.12. The molecule has 1 aromatic rings. The zero-order valence-electron chi connectivity index (χ0n) is 9.97. The van der Waals surface area contributed by atoms with Gasteiger partial charge in [0.1, 0.15) is 0 Å². The summed E-state index contributed by atoms with van der Waals surface area (Å²) in [5.74, 6) is -1.27. The second-order valence-corrected chi connectivity index (χ2v) is 6.96. The van der Waals surface area contributed by atoms with E-state index in [9.17, 15) is 13.2 Å². The van der Waals surface area contributed by atoms with E-state index in [2.05, 4.69) is 20.7 Å². The van der Waals surface area contributed by atoms with E-state index in [0.717, 1.165) is 0 Å². The summed E-state index contributed by atoms with van der Waals surface area (Å²) in [6, 6.07) is 4.36. The van der Waals surface area contributed by atoms with Gasteiger partial charge in [-0.1, -0.05) is 29.8 Å². The SMILES string of the molecule is CC(C)CS(=O)(=O)Nc1ccc(Br)cc1C(=O)O. The summed E-state index contributed by atoms with van der Waals surface area (Å²) in [6.45, 7) is 3.55. The summed E-state index contributed by atoms with van der Waals surface area (Å²) in [7, 11) is -3.53. The van der Waals surface area contributed by atoms with Gasteiger partial charge in [0.2, 0.25) is 10.0 Å². The van der Waals surface area contributed by atoms with Crippen LogP contribution in [0, 0.1) is 5.92 Å². The van der Waals surface area contributed by atoms with E-state index < -0.39 is 16.0 Å². The van der Waals surface area contributed by atoms with E-state index in [0.29, 0.717) is 4.47 Å². The Labute approximate surface area is 114 Å². The van der Waals surface area contributed by atoms with E-state index >= 15 is 0 Å². The van der Waals surface area contributed by atoms with Gasteiger partial charge in [0.15, 0.2) is 0 Å². The molecule has 1 rings (SSSR count). The molecule has 0 aromatic heterocycles. The summed E-state index contributed by atoms with van der Waals surface area (Å²) < 4.78 is 26.4. The van der Waals surface area contributed by atoms with Crippen LogP contribution in [0.25, 0.3) is 0 Å². The first-order chi connectivity index (χ1) is 8.21. The number of nitrogens with one attached hydrogen (secondary N) is 1. The van der Waals surface area contributed by atoms with Gasteiger partial charge in [-0.2, -0.15) is 0 Å². The van der Waals surface area contributed by atoms with Gasteiger partial charge in [0.25, 0.3) is 0 Å². The Morgan fingerprint density at radius 2 is 2.06 bits per heavy atom. The Hall–Kier alpha value is -1.08. The monoisotopic (exact) mass is 335 g/mol. The lowest BCUT2D eigenvalue weighted by molar-refractivity contribution is 0.0698. The number of anilines is 1. The molecule has 2 N–H and O–H groups in total. The van der Waals surface area contributed by atoms with E-state index in [4.69, 9.17) is 5.11 Å². The summed E-state index contributed by atoms with van der Waals surface area (Å²) in [5.41, 5.74) is -0.0111. The van der Waals surface area contributed by atoms with Crippen LogP contribution in [-0.4, -0.2) is 25.2 Å². The molecule has 0 radical (unpaired) electrons. The van der Waals surface area contributed by atoms with Gasteiger partial charge in [0.05, 0.1) is 17.0 Å². The Kier molecular flexibility index (Phi) is 4.75. The first-order valence-corrected chi connectivity index (χ1v) is 7.69. The molecule has 0 aliphatic heterocycles. The minimum absolute atomic E-state index is 0.0359. The molecule has 0 amide bonds. The number of rotatable bonds is 5. The molecule has 0 aliphatic rings. The number of carbonyl (C=O) groups is 1. The van der Waals surface area contributed by atoms with Crippen molar-refractivity contribution in [2.45, 2.75) is 13.8 Å². The zero-order valence-corrected chi connectivity index (χ0v) is 12.4. The molecule has 0 aliphatic carbocycles. The second kappa shape index (κ2) is 5.71. The van der Waals surface area contributed by atoms with Crippen molar-refractivity contribution in [3.8, 4) is 0 Å². The van der Waals surface area contributed by atoms with Crippen LogP contribution < -0.4 is 4.72 Å². The highest BCUT2D eigenvalue weighted by molar-refractivity contribution is 9.10. The largest absolute Gasteiger partial charge is 0.478 e. The maximum absolute atomic E-state index is 11.8. The molecule has 0 spiro atoms. The van der Waals surface area contributed by atoms with E-state index in [1.807, 2.05) is 0 Å². The van der Waals surface area contributed by atoms with Gasteiger partial charge < -0.3 is 5.11 Å². The molecule has 0 atom stereocenters. The van der Waals surface area contributed by atoms with Crippen molar-refractivity contribution < 1.29 is 18.3 Å². The van der Waals surface area contributed by atoms with Crippen LogP contribution in [-0.2, 0) is 10.0 Å². The lowest BCUT2D eigenvalue weighted by atomic mass is 10.2. The number of hydrogen-bond acceptors (Lipinski definition) is 3. The molecule has 0 saturated heterocycles. The first kappa shape index (κ1) is 15.0. The highest BCUT2D eigenvalue weighted by Gasteiger charge is 2.17. The molecule has 0 unspecified atom stereocenters. The van der Waals surface area contributed by atoms with Crippen molar-refractivity contribution in [1.82, 2.24) is 0 Å². The second-order valence-electron chi connectivity index (χ2n) is 4.27. The average molecular weight is 336 g/mol. The van der Waals surface area contributed by atoms with Crippen LogP contribution in [0.1, 0.15) is 24.2 Å². The summed E-state index contributed by atoms with van der Waals surface area (Å²) in [4.78, 5) is 11.0. The third-order valence-corrected chi connectivity index (χ3v) is 4.16. The molecule has 0 saturated carbocycles. The maximum atomic E-state index is 11.8. The van der Waals surface area contributed by atoms with Gasteiger partial charge >= 0.3 is 5.97 Å².